The van der Waals surface area contributed by atoms with E-state index in [-0.39, 0.29) is 29.0 Å². The maximum absolute atomic E-state index is 15.8. The van der Waals surface area contributed by atoms with E-state index in [1.807, 2.05) is 37.8 Å². The number of carbonyl (C=O) groups excluding carboxylic acids is 1. The first-order valence-corrected chi connectivity index (χ1v) is 18.9. The summed E-state index contributed by atoms with van der Waals surface area (Å²) in [7, 11) is 1.58. The quantitative estimate of drug-likeness (QED) is 0.196. The number of likely N-dealkylation sites (tertiary alicyclic amines) is 1. The van der Waals surface area contributed by atoms with Crippen molar-refractivity contribution in [3.63, 3.8) is 0 Å². The van der Waals surface area contributed by atoms with Crippen molar-refractivity contribution in [3.8, 4) is 5.69 Å². The van der Waals surface area contributed by atoms with E-state index in [0.717, 1.165) is 79.8 Å². The van der Waals surface area contributed by atoms with Crippen molar-refractivity contribution in [1.82, 2.24) is 24.3 Å². The first-order chi connectivity index (χ1) is 24.9. The van der Waals surface area contributed by atoms with Crippen LogP contribution in [0.4, 0.5) is 14.5 Å². The van der Waals surface area contributed by atoms with Crippen LogP contribution in [0.15, 0.2) is 53.1 Å². The van der Waals surface area contributed by atoms with Crippen molar-refractivity contribution in [2.75, 3.05) is 58.2 Å². The Morgan fingerprint density at radius 2 is 1.79 bits per heavy atom. The molecule has 4 heterocycles. The van der Waals surface area contributed by atoms with Gasteiger partial charge in [0.05, 0.1) is 17.6 Å². The van der Waals surface area contributed by atoms with Gasteiger partial charge in [-0.25, -0.2) is 8.78 Å². The highest BCUT2D eigenvalue weighted by atomic mass is 19.1. The molecule has 280 valence electrons. The second-order valence-corrected chi connectivity index (χ2v) is 14.5. The van der Waals surface area contributed by atoms with Crippen molar-refractivity contribution < 1.29 is 13.6 Å². The number of pyridine rings is 2. The lowest BCUT2D eigenvalue weighted by Gasteiger charge is -2.35. The molecular formula is C42H56F2N6O2. The third kappa shape index (κ3) is 8.89. The highest BCUT2D eigenvalue weighted by Gasteiger charge is 2.27. The Morgan fingerprint density at radius 1 is 1.08 bits per heavy atom. The monoisotopic (exact) mass is 714 g/mol. The number of aryl methyl sites for hydroxylation is 2. The summed E-state index contributed by atoms with van der Waals surface area (Å²) in [5.74, 6) is -0.348. The molecule has 0 aliphatic carbocycles. The van der Waals surface area contributed by atoms with Crippen LogP contribution in [0.1, 0.15) is 92.5 Å². The zero-order valence-corrected chi connectivity index (χ0v) is 32.1. The molecule has 1 aromatic carbocycles. The zero-order chi connectivity index (χ0) is 37.5. The number of piperidine rings is 1. The number of nitrogens with zero attached hydrogens (tertiary/aromatic N) is 5. The molecule has 8 nitrogen and oxygen atoms in total. The molecule has 3 aromatic rings. The highest BCUT2D eigenvalue weighted by molar-refractivity contribution is 5.95. The third-order valence-electron chi connectivity index (χ3n) is 10.9. The molecule has 0 radical (unpaired) electrons. The smallest absolute Gasteiger partial charge is 0.257 e. The first-order valence-electron chi connectivity index (χ1n) is 18.9. The Bertz CT molecular complexity index is 1830. The van der Waals surface area contributed by atoms with E-state index in [4.69, 9.17) is 0 Å². The lowest BCUT2D eigenvalue weighted by Crippen LogP contribution is -2.42. The number of amides is 1. The molecule has 1 N–H and O–H groups in total. The summed E-state index contributed by atoms with van der Waals surface area (Å²) in [6.07, 6.45) is 11.9. The molecule has 5 rings (SSSR count). The second kappa shape index (κ2) is 17.6. The average molecular weight is 715 g/mol. The summed E-state index contributed by atoms with van der Waals surface area (Å²) in [5, 5.41) is 2.71. The van der Waals surface area contributed by atoms with E-state index < -0.39 is 5.82 Å². The fraction of sp³-hybridized carbons (Fsp3) is 0.500. The van der Waals surface area contributed by atoms with Gasteiger partial charge in [-0.15, -0.1) is 0 Å². The van der Waals surface area contributed by atoms with Gasteiger partial charge in [0.1, 0.15) is 5.82 Å². The van der Waals surface area contributed by atoms with Crippen LogP contribution in [0.2, 0.25) is 0 Å². The number of nitrogens with one attached hydrogen (secondary N) is 1. The zero-order valence-electron chi connectivity index (χ0n) is 32.1. The normalized spacial score (nSPS) is 16.7. The number of aromatic nitrogens is 2. The molecule has 1 fully saturated rings. The number of benzene rings is 1. The van der Waals surface area contributed by atoms with E-state index in [0.29, 0.717) is 48.8 Å². The van der Waals surface area contributed by atoms with Gasteiger partial charge in [0.15, 0.2) is 5.82 Å². The van der Waals surface area contributed by atoms with Crippen LogP contribution >= 0.6 is 0 Å². The fourth-order valence-corrected chi connectivity index (χ4v) is 7.81. The van der Waals surface area contributed by atoms with Gasteiger partial charge in [-0.05, 0) is 108 Å². The molecule has 52 heavy (non-hydrogen) atoms. The molecule has 0 bridgehead atoms. The Morgan fingerprint density at radius 3 is 2.40 bits per heavy atom. The molecule has 2 aliphatic heterocycles. The molecule has 0 saturated carbocycles. The Kier molecular flexibility index (Phi) is 13.2. The summed E-state index contributed by atoms with van der Waals surface area (Å²) in [6.45, 7) is 18.5. The van der Waals surface area contributed by atoms with Crippen LogP contribution in [-0.4, -0.2) is 89.1 Å². The number of carbonyl (C=O) groups is 1. The summed E-state index contributed by atoms with van der Waals surface area (Å²) in [4.78, 5) is 37.7. The lowest BCUT2D eigenvalue weighted by atomic mass is 9.91. The van der Waals surface area contributed by atoms with E-state index in [9.17, 15) is 14.0 Å². The van der Waals surface area contributed by atoms with Gasteiger partial charge in [0.25, 0.3) is 11.5 Å². The number of halogens is 2. The summed E-state index contributed by atoms with van der Waals surface area (Å²) in [6, 6.07) is 6.31. The topological polar surface area (TPSA) is 73.7 Å². The summed E-state index contributed by atoms with van der Waals surface area (Å²) < 4.78 is 31.8. The van der Waals surface area contributed by atoms with Crippen molar-refractivity contribution in [3.05, 3.63) is 98.2 Å². The molecular weight excluding hydrogens is 658 g/mol. The fourth-order valence-electron chi connectivity index (χ4n) is 7.81. The Labute approximate surface area is 308 Å². The van der Waals surface area contributed by atoms with Crippen LogP contribution in [0.3, 0.4) is 0 Å². The number of hydrogen-bond acceptors (Lipinski definition) is 6. The van der Waals surface area contributed by atoms with E-state index >= 15 is 4.39 Å². The Hall–Kier alpha value is -4.15. The summed E-state index contributed by atoms with van der Waals surface area (Å²) >= 11 is 0. The predicted octanol–water partition coefficient (Wildman–Crippen LogP) is 7.72. The van der Waals surface area contributed by atoms with Crippen LogP contribution in [-0.2, 0) is 0 Å². The number of hydrogen-bond donors (Lipinski definition) is 1. The van der Waals surface area contributed by atoms with E-state index in [1.165, 1.54) is 22.9 Å². The van der Waals surface area contributed by atoms with Gasteiger partial charge in [-0.3, -0.25) is 24.0 Å². The molecule has 1 amide bonds. The average Bonchev–Trinajstić information content (AvgIpc) is 3.13. The third-order valence-corrected chi connectivity index (χ3v) is 10.9. The molecule has 2 aliphatic rings. The molecule has 1 saturated heterocycles. The molecule has 2 aromatic heterocycles. The van der Waals surface area contributed by atoms with E-state index in [2.05, 4.69) is 46.9 Å². The first kappa shape index (κ1) is 39.1. The maximum Gasteiger partial charge on any atom is 0.257 e. The Balaban J connectivity index is 1.25. The standard InChI is InChI=1S/C42H56F2N6O2/c1-8-16-47(17-9-2)26-32-11-18-49(19-12-32)42(52)34-22-29(4)41(36(43)24-34)33-13-20-48(21-14-33)31(6)28(3)23-35-30(5)46-15-10-39(35)50-27-37(44)38(45-7)25-40(50)51/h10,13,15,22-25,27,31-32,45H,8-9,11-12,14,16-21,26H2,1-7H3/b28-23+. The number of anilines is 1. The van der Waals surface area contributed by atoms with Crippen LogP contribution in [0.5, 0.6) is 0 Å². The van der Waals surface area contributed by atoms with Gasteiger partial charge < -0.3 is 15.1 Å². The largest absolute Gasteiger partial charge is 0.386 e. The molecule has 1 unspecified atom stereocenters. The van der Waals surface area contributed by atoms with Crippen molar-refractivity contribution >= 4 is 23.2 Å². The second-order valence-electron chi connectivity index (χ2n) is 14.5. The SMILES string of the molecule is CCCN(CCC)CC1CCN(C(=O)c2cc(C)c(C3=CCN(C(C)/C(C)=C/c4c(-n5cc(F)c(NC)cc5=O)ccnc4C)CC3)c(F)c2)CC1. The minimum absolute atomic E-state index is 0.0434. The van der Waals surface area contributed by atoms with Crippen LogP contribution < -0.4 is 10.9 Å². The van der Waals surface area contributed by atoms with Gasteiger partial charge in [0, 0.05) is 80.5 Å². The maximum atomic E-state index is 15.8. The minimum atomic E-state index is -0.521. The van der Waals surface area contributed by atoms with Gasteiger partial charge >= 0.3 is 0 Å². The highest BCUT2D eigenvalue weighted by Crippen LogP contribution is 2.32. The van der Waals surface area contributed by atoms with Crippen LogP contribution in [0, 0.1) is 31.4 Å². The van der Waals surface area contributed by atoms with Gasteiger partial charge in [0.2, 0.25) is 0 Å². The molecule has 0 spiro atoms. The van der Waals surface area contributed by atoms with Crippen LogP contribution in [0.25, 0.3) is 17.3 Å². The lowest BCUT2D eigenvalue weighted by molar-refractivity contribution is 0.0666. The molecule has 10 heteroatoms. The van der Waals surface area contributed by atoms with Crippen molar-refractivity contribution in [1.29, 1.82) is 0 Å². The summed E-state index contributed by atoms with van der Waals surface area (Å²) in [5.41, 5.74) is 5.67. The van der Waals surface area contributed by atoms with Gasteiger partial charge in [-0.1, -0.05) is 31.6 Å². The van der Waals surface area contributed by atoms with Crippen molar-refractivity contribution in [2.24, 2.45) is 5.92 Å². The van der Waals surface area contributed by atoms with E-state index in [1.54, 1.807) is 19.3 Å². The predicted molar refractivity (Wildman–Crippen MR) is 208 cm³/mol. The number of rotatable bonds is 13. The molecule has 1 atom stereocenters. The van der Waals surface area contributed by atoms with Crippen molar-refractivity contribution in [2.45, 2.75) is 79.7 Å². The van der Waals surface area contributed by atoms with Gasteiger partial charge in [-0.2, -0.15) is 0 Å². The minimum Gasteiger partial charge on any atom is -0.386 e.